The lowest BCUT2D eigenvalue weighted by Gasteiger charge is -2.05. The molecule has 0 bridgehead atoms. The second-order valence-corrected chi connectivity index (χ2v) is 3.58. The van der Waals surface area contributed by atoms with Crippen LogP contribution in [0.1, 0.15) is 12.5 Å². The number of hydrogen-bond donors (Lipinski definition) is 0. The van der Waals surface area contributed by atoms with Gasteiger partial charge in [-0.15, -0.1) is 0 Å². The first kappa shape index (κ1) is 11.7. The van der Waals surface area contributed by atoms with Crippen LogP contribution < -0.4 is 4.74 Å². The standard InChI is InChI=1S/C10H10BrNO3/c1-2-15-10-4-3-8(7-9(10)11)5-6-12(13)14/h3-7H,2H2,1H3/b6-5+. The number of halogens is 1. The number of nitro groups is 1. The monoisotopic (exact) mass is 271 g/mol. The summed E-state index contributed by atoms with van der Waals surface area (Å²) in [6.07, 6.45) is 2.34. The molecule has 0 amide bonds. The second kappa shape index (κ2) is 5.50. The van der Waals surface area contributed by atoms with E-state index in [2.05, 4.69) is 15.9 Å². The molecule has 1 aromatic rings. The molecule has 5 heteroatoms. The molecule has 0 heterocycles. The highest BCUT2D eigenvalue weighted by Gasteiger charge is 2.00. The van der Waals surface area contributed by atoms with Crippen LogP contribution in [0.4, 0.5) is 0 Å². The third-order valence-corrected chi connectivity index (χ3v) is 2.26. The molecule has 0 unspecified atom stereocenters. The van der Waals surface area contributed by atoms with Crippen LogP contribution in [-0.4, -0.2) is 11.5 Å². The van der Waals surface area contributed by atoms with Crippen molar-refractivity contribution >= 4 is 22.0 Å². The SMILES string of the molecule is CCOc1ccc(/C=C/[N+](=O)[O-])cc1Br. The lowest BCUT2D eigenvalue weighted by atomic mass is 10.2. The Morgan fingerprint density at radius 3 is 2.87 bits per heavy atom. The summed E-state index contributed by atoms with van der Waals surface area (Å²) in [5.41, 5.74) is 0.752. The number of hydrogen-bond acceptors (Lipinski definition) is 3. The smallest absolute Gasteiger partial charge is 0.235 e. The second-order valence-electron chi connectivity index (χ2n) is 2.72. The van der Waals surface area contributed by atoms with Gasteiger partial charge in [0.05, 0.1) is 16.0 Å². The average molecular weight is 272 g/mol. The molecule has 1 aromatic carbocycles. The molecule has 1 rings (SSSR count). The van der Waals surface area contributed by atoms with Gasteiger partial charge in [-0.2, -0.15) is 0 Å². The van der Waals surface area contributed by atoms with Gasteiger partial charge in [-0.1, -0.05) is 6.07 Å². The molecular formula is C10H10BrNO3. The minimum atomic E-state index is -0.496. The number of rotatable bonds is 4. The van der Waals surface area contributed by atoms with Gasteiger partial charge in [0.25, 0.3) is 0 Å². The Morgan fingerprint density at radius 1 is 1.60 bits per heavy atom. The van der Waals surface area contributed by atoms with Gasteiger partial charge in [0.15, 0.2) is 0 Å². The van der Waals surface area contributed by atoms with Crippen molar-refractivity contribution in [3.63, 3.8) is 0 Å². The summed E-state index contributed by atoms with van der Waals surface area (Å²) in [5, 5.41) is 10.1. The van der Waals surface area contributed by atoms with Gasteiger partial charge in [-0.3, -0.25) is 10.1 Å². The van der Waals surface area contributed by atoms with E-state index in [-0.39, 0.29) is 0 Å². The molecular weight excluding hydrogens is 262 g/mol. The first-order valence-electron chi connectivity index (χ1n) is 4.37. The van der Waals surface area contributed by atoms with Gasteiger partial charge in [0.2, 0.25) is 6.20 Å². The van der Waals surface area contributed by atoms with Crippen molar-refractivity contribution in [2.24, 2.45) is 0 Å². The third kappa shape index (κ3) is 3.71. The van der Waals surface area contributed by atoms with Crippen molar-refractivity contribution in [3.05, 3.63) is 44.5 Å². The van der Waals surface area contributed by atoms with E-state index in [9.17, 15) is 10.1 Å². The van der Waals surface area contributed by atoms with Gasteiger partial charge in [-0.05, 0) is 40.5 Å². The summed E-state index contributed by atoms with van der Waals surface area (Å²) in [6.45, 7) is 2.48. The molecule has 0 saturated carbocycles. The van der Waals surface area contributed by atoms with E-state index in [1.165, 1.54) is 6.08 Å². The molecule has 0 radical (unpaired) electrons. The van der Waals surface area contributed by atoms with Crippen LogP contribution in [-0.2, 0) is 0 Å². The van der Waals surface area contributed by atoms with Crippen LogP contribution in [0.15, 0.2) is 28.9 Å². The van der Waals surface area contributed by atoms with Crippen LogP contribution >= 0.6 is 15.9 Å². The van der Waals surface area contributed by atoms with Crippen molar-refractivity contribution in [1.29, 1.82) is 0 Å². The van der Waals surface area contributed by atoms with Crippen LogP contribution in [0.25, 0.3) is 6.08 Å². The minimum Gasteiger partial charge on any atom is -0.493 e. The zero-order valence-corrected chi connectivity index (χ0v) is 9.73. The highest BCUT2D eigenvalue weighted by molar-refractivity contribution is 9.10. The van der Waals surface area contributed by atoms with Crippen LogP contribution in [0.3, 0.4) is 0 Å². The van der Waals surface area contributed by atoms with Gasteiger partial charge < -0.3 is 4.74 Å². The predicted octanol–water partition coefficient (Wildman–Crippen LogP) is 3.10. The fourth-order valence-electron chi connectivity index (χ4n) is 1.04. The first-order valence-corrected chi connectivity index (χ1v) is 5.17. The summed E-state index contributed by atoms with van der Waals surface area (Å²) in [6, 6.07) is 5.30. The zero-order chi connectivity index (χ0) is 11.3. The van der Waals surface area contributed by atoms with E-state index in [0.29, 0.717) is 6.61 Å². The Hall–Kier alpha value is -1.36. The third-order valence-electron chi connectivity index (χ3n) is 1.64. The maximum atomic E-state index is 10.1. The highest BCUT2D eigenvalue weighted by Crippen LogP contribution is 2.26. The van der Waals surface area contributed by atoms with Crippen LogP contribution in [0, 0.1) is 10.1 Å². The van der Waals surface area contributed by atoms with Gasteiger partial charge in [0.1, 0.15) is 5.75 Å². The summed E-state index contributed by atoms with van der Waals surface area (Å²) < 4.78 is 6.10. The minimum absolute atomic E-state index is 0.496. The van der Waals surface area contributed by atoms with Gasteiger partial charge >= 0.3 is 0 Å². The number of benzene rings is 1. The molecule has 0 aliphatic heterocycles. The van der Waals surface area contributed by atoms with Crippen molar-refractivity contribution in [2.45, 2.75) is 6.92 Å². The Kier molecular flexibility index (Phi) is 4.30. The summed E-state index contributed by atoms with van der Waals surface area (Å²) in [4.78, 5) is 9.61. The van der Waals surface area contributed by atoms with Crippen molar-refractivity contribution < 1.29 is 9.66 Å². The summed E-state index contributed by atoms with van der Waals surface area (Å²) >= 11 is 3.33. The van der Waals surface area contributed by atoms with E-state index in [1.807, 2.05) is 6.92 Å². The molecule has 0 fully saturated rings. The summed E-state index contributed by atoms with van der Waals surface area (Å²) in [7, 11) is 0. The molecule has 0 N–H and O–H groups in total. The molecule has 0 aliphatic rings. The van der Waals surface area contributed by atoms with E-state index >= 15 is 0 Å². The number of nitrogens with zero attached hydrogens (tertiary/aromatic N) is 1. The van der Waals surface area contributed by atoms with Gasteiger partial charge in [0, 0.05) is 6.08 Å². The van der Waals surface area contributed by atoms with E-state index in [4.69, 9.17) is 4.74 Å². The Labute approximate surface area is 95.8 Å². The molecule has 0 saturated heterocycles. The van der Waals surface area contributed by atoms with E-state index in [1.54, 1.807) is 18.2 Å². The maximum Gasteiger partial charge on any atom is 0.235 e. The fourth-order valence-corrected chi connectivity index (χ4v) is 1.55. The lowest BCUT2D eigenvalue weighted by molar-refractivity contribution is -0.400. The largest absolute Gasteiger partial charge is 0.493 e. The average Bonchev–Trinajstić information content (AvgIpc) is 2.19. The lowest BCUT2D eigenvalue weighted by Crippen LogP contribution is -1.92. The molecule has 0 aromatic heterocycles. The van der Waals surface area contributed by atoms with Crippen molar-refractivity contribution in [1.82, 2.24) is 0 Å². The maximum absolute atomic E-state index is 10.1. The Morgan fingerprint density at radius 2 is 2.33 bits per heavy atom. The topological polar surface area (TPSA) is 52.4 Å². The molecule has 0 atom stereocenters. The van der Waals surface area contributed by atoms with Gasteiger partial charge in [-0.25, -0.2) is 0 Å². The zero-order valence-electron chi connectivity index (χ0n) is 8.14. The normalized spacial score (nSPS) is 10.5. The highest BCUT2D eigenvalue weighted by atomic mass is 79.9. The van der Waals surface area contributed by atoms with Crippen LogP contribution in [0.2, 0.25) is 0 Å². The van der Waals surface area contributed by atoms with Crippen LogP contribution in [0.5, 0.6) is 5.75 Å². The van der Waals surface area contributed by atoms with Crippen molar-refractivity contribution in [2.75, 3.05) is 6.61 Å². The Bertz CT molecular complexity index is 390. The fraction of sp³-hybridized carbons (Fsp3) is 0.200. The number of ether oxygens (including phenoxy) is 1. The first-order chi connectivity index (χ1) is 7.13. The summed E-state index contributed by atoms with van der Waals surface area (Å²) in [5.74, 6) is 0.732. The molecule has 15 heavy (non-hydrogen) atoms. The van der Waals surface area contributed by atoms with E-state index < -0.39 is 4.92 Å². The molecule has 0 spiro atoms. The molecule has 4 nitrogen and oxygen atoms in total. The van der Waals surface area contributed by atoms with Crippen molar-refractivity contribution in [3.8, 4) is 5.75 Å². The molecule has 0 aliphatic carbocycles. The quantitative estimate of drug-likeness (QED) is 0.625. The Balaban J connectivity index is 2.86. The van der Waals surface area contributed by atoms with E-state index in [0.717, 1.165) is 22.0 Å². The predicted molar refractivity (Wildman–Crippen MR) is 61.3 cm³/mol. The molecule has 80 valence electrons.